The van der Waals surface area contributed by atoms with E-state index in [0.29, 0.717) is 12.0 Å². The first-order chi connectivity index (χ1) is 12.0. The summed E-state index contributed by atoms with van der Waals surface area (Å²) in [5.74, 6) is -0.930. The largest absolute Gasteiger partial charge is 0.322 e. The Morgan fingerprint density at radius 1 is 1.12 bits per heavy atom. The molecule has 25 heavy (non-hydrogen) atoms. The number of benzene rings is 2. The average molecular weight is 336 g/mol. The highest BCUT2D eigenvalue weighted by molar-refractivity contribution is 6.04. The predicted octanol–water partition coefficient (Wildman–Crippen LogP) is 2.71. The number of hydrogen-bond acceptors (Lipinski definition) is 3. The molecule has 1 atom stereocenters. The molecule has 2 aromatic carbocycles. The van der Waals surface area contributed by atoms with Crippen LogP contribution in [0.2, 0.25) is 0 Å². The van der Waals surface area contributed by atoms with E-state index in [0.717, 1.165) is 23.2 Å². The van der Waals surface area contributed by atoms with Crippen LogP contribution < -0.4 is 10.6 Å². The summed E-state index contributed by atoms with van der Waals surface area (Å²) < 4.78 is 0. The molecule has 0 bridgehead atoms. The van der Waals surface area contributed by atoms with Crippen LogP contribution in [0.4, 0.5) is 5.69 Å². The fourth-order valence-corrected chi connectivity index (χ4v) is 2.92. The van der Waals surface area contributed by atoms with Crippen molar-refractivity contribution in [2.75, 3.05) is 5.32 Å². The van der Waals surface area contributed by atoms with Crippen LogP contribution in [0.5, 0.6) is 0 Å². The first-order valence-corrected chi connectivity index (χ1v) is 8.38. The van der Waals surface area contributed by atoms with Gasteiger partial charge in [0.1, 0.15) is 0 Å². The molecule has 0 aromatic heterocycles. The monoisotopic (exact) mass is 336 g/mol. The van der Waals surface area contributed by atoms with Gasteiger partial charge in [0.05, 0.1) is 5.92 Å². The summed E-state index contributed by atoms with van der Waals surface area (Å²) in [6.07, 6.45) is 1.64. The van der Waals surface area contributed by atoms with Gasteiger partial charge in [-0.1, -0.05) is 31.2 Å². The van der Waals surface area contributed by atoms with Crippen molar-refractivity contribution in [3.05, 3.63) is 65.2 Å². The summed E-state index contributed by atoms with van der Waals surface area (Å²) >= 11 is 0. The maximum atomic E-state index is 12.3. The lowest BCUT2D eigenvalue weighted by Gasteiger charge is -2.09. The molecule has 1 heterocycles. The van der Waals surface area contributed by atoms with Crippen molar-refractivity contribution in [1.29, 1.82) is 0 Å². The van der Waals surface area contributed by atoms with E-state index < -0.39 is 0 Å². The standard InChI is InChI=1S/C20H20N2O3/c1-2-13-4-3-5-17(11-13)21-19(24)15-8-6-14(7-9-15)10-16-12-18(23)22-20(16)25/h3-9,11,16H,2,10,12H2,1H3,(H,21,24)(H,22,23,25)/t16-/m0/s1. The summed E-state index contributed by atoms with van der Waals surface area (Å²) in [5.41, 5.74) is 3.42. The molecule has 0 saturated carbocycles. The third-order valence-corrected chi connectivity index (χ3v) is 4.36. The average Bonchev–Trinajstić information content (AvgIpc) is 2.93. The van der Waals surface area contributed by atoms with Crippen LogP contribution in [-0.4, -0.2) is 17.7 Å². The van der Waals surface area contributed by atoms with E-state index in [1.807, 2.05) is 36.4 Å². The summed E-state index contributed by atoms with van der Waals surface area (Å²) in [6, 6.07) is 14.9. The van der Waals surface area contributed by atoms with Gasteiger partial charge in [-0.05, 0) is 48.2 Å². The van der Waals surface area contributed by atoms with Gasteiger partial charge < -0.3 is 5.32 Å². The SMILES string of the molecule is CCc1cccc(NC(=O)c2ccc(C[C@H]3CC(=O)NC3=O)cc2)c1. The van der Waals surface area contributed by atoms with Crippen LogP contribution in [0.3, 0.4) is 0 Å². The second kappa shape index (κ2) is 7.30. The molecular weight excluding hydrogens is 316 g/mol. The Balaban J connectivity index is 1.64. The van der Waals surface area contributed by atoms with E-state index >= 15 is 0 Å². The van der Waals surface area contributed by atoms with Crippen molar-refractivity contribution < 1.29 is 14.4 Å². The van der Waals surface area contributed by atoms with E-state index in [1.165, 1.54) is 0 Å². The molecule has 5 heteroatoms. The van der Waals surface area contributed by atoms with Gasteiger partial charge in [0.2, 0.25) is 11.8 Å². The maximum absolute atomic E-state index is 12.3. The normalized spacial score (nSPS) is 16.6. The minimum absolute atomic E-state index is 0.173. The van der Waals surface area contributed by atoms with Crippen molar-refractivity contribution in [1.82, 2.24) is 5.32 Å². The first-order valence-electron chi connectivity index (χ1n) is 8.38. The van der Waals surface area contributed by atoms with Gasteiger partial charge >= 0.3 is 0 Å². The Kier molecular flexibility index (Phi) is 4.93. The molecule has 0 aliphatic carbocycles. The second-order valence-corrected chi connectivity index (χ2v) is 6.22. The molecule has 0 radical (unpaired) electrons. The summed E-state index contributed by atoms with van der Waals surface area (Å²) in [6.45, 7) is 2.07. The number of imide groups is 1. The highest BCUT2D eigenvalue weighted by atomic mass is 16.2. The lowest BCUT2D eigenvalue weighted by atomic mass is 9.97. The first kappa shape index (κ1) is 16.9. The molecule has 3 rings (SSSR count). The number of anilines is 1. The number of hydrogen-bond donors (Lipinski definition) is 2. The molecule has 1 saturated heterocycles. The Morgan fingerprint density at radius 2 is 1.88 bits per heavy atom. The van der Waals surface area contributed by atoms with Crippen LogP contribution in [-0.2, 0) is 22.4 Å². The van der Waals surface area contributed by atoms with Crippen molar-refractivity contribution in [2.24, 2.45) is 5.92 Å². The minimum Gasteiger partial charge on any atom is -0.322 e. The van der Waals surface area contributed by atoms with Gasteiger partial charge in [-0.25, -0.2) is 0 Å². The van der Waals surface area contributed by atoms with Gasteiger partial charge in [0.15, 0.2) is 0 Å². The Bertz CT molecular complexity index is 812. The van der Waals surface area contributed by atoms with Crippen molar-refractivity contribution in [3.63, 3.8) is 0 Å². The maximum Gasteiger partial charge on any atom is 0.255 e. The molecule has 2 aromatic rings. The zero-order valence-electron chi connectivity index (χ0n) is 14.0. The molecule has 1 fully saturated rings. The van der Waals surface area contributed by atoms with Crippen LogP contribution in [0.25, 0.3) is 0 Å². The molecule has 0 spiro atoms. The van der Waals surface area contributed by atoms with Crippen LogP contribution >= 0.6 is 0 Å². The van der Waals surface area contributed by atoms with Gasteiger partial charge in [0, 0.05) is 17.7 Å². The Hall–Kier alpha value is -2.95. The summed E-state index contributed by atoms with van der Waals surface area (Å²) in [4.78, 5) is 35.2. The second-order valence-electron chi connectivity index (χ2n) is 6.22. The summed E-state index contributed by atoms with van der Waals surface area (Å²) in [7, 11) is 0. The number of aryl methyl sites for hydroxylation is 1. The summed E-state index contributed by atoms with van der Waals surface area (Å²) in [5, 5.41) is 5.20. The van der Waals surface area contributed by atoms with Crippen LogP contribution in [0.15, 0.2) is 48.5 Å². The number of amides is 3. The number of rotatable bonds is 5. The van der Waals surface area contributed by atoms with E-state index in [4.69, 9.17) is 0 Å². The van der Waals surface area contributed by atoms with Crippen molar-refractivity contribution in [2.45, 2.75) is 26.2 Å². The number of nitrogens with one attached hydrogen (secondary N) is 2. The fourth-order valence-electron chi connectivity index (χ4n) is 2.92. The lowest BCUT2D eigenvalue weighted by Crippen LogP contribution is -2.22. The van der Waals surface area contributed by atoms with E-state index in [2.05, 4.69) is 17.6 Å². The minimum atomic E-state index is -0.316. The van der Waals surface area contributed by atoms with E-state index in [-0.39, 0.29) is 30.1 Å². The highest BCUT2D eigenvalue weighted by Gasteiger charge is 2.30. The molecule has 1 aliphatic heterocycles. The fraction of sp³-hybridized carbons (Fsp3) is 0.250. The molecule has 128 valence electrons. The van der Waals surface area contributed by atoms with Crippen molar-refractivity contribution >= 4 is 23.4 Å². The van der Waals surface area contributed by atoms with Gasteiger partial charge in [0.25, 0.3) is 5.91 Å². The topological polar surface area (TPSA) is 75.3 Å². The number of carbonyl (C=O) groups is 3. The Labute approximate surface area is 146 Å². The lowest BCUT2D eigenvalue weighted by molar-refractivity contribution is -0.125. The molecular formula is C20H20N2O3. The highest BCUT2D eigenvalue weighted by Crippen LogP contribution is 2.18. The quantitative estimate of drug-likeness (QED) is 0.824. The van der Waals surface area contributed by atoms with Gasteiger partial charge in [-0.15, -0.1) is 0 Å². The molecule has 2 N–H and O–H groups in total. The Morgan fingerprint density at radius 3 is 2.52 bits per heavy atom. The van der Waals surface area contributed by atoms with Crippen molar-refractivity contribution in [3.8, 4) is 0 Å². The van der Waals surface area contributed by atoms with Crippen LogP contribution in [0, 0.1) is 5.92 Å². The number of carbonyl (C=O) groups excluding carboxylic acids is 3. The third kappa shape index (κ3) is 4.12. The smallest absolute Gasteiger partial charge is 0.255 e. The van der Waals surface area contributed by atoms with Crippen LogP contribution in [0.1, 0.15) is 34.8 Å². The van der Waals surface area contributed by atoms with Gasteiger partial charge in [-0.2, -0.15) is 0 Å². The molecule has 1 aliphatic rings. The zero-order chi connectivity index (χ0) is 17.8. The molecule has 3 amide bonds. The predicted molar refractivity (Wildman–Crippen MR) is 95.2 cm³/mol. The molecule has 0 unspecified atom stereocenters. The van der Waals surface area contributed by atoms with Gasteiger partial charge in [-0.3, -0.25) is 19.7 Å². The van der Waals surface area contributed by atoms with E-state index in [1.54, 1.807) is 12.1 Å². The van der Waals surface area contributed by atoms with E-state index in [9.17, 15) is 14.4 Å². The third-order valence-electron chi connectivity index (χ3n) is 4.36. The molecule has 5 nitrogen and oxygen atoms in total. The zero-order valence-corrected chi connectivity index (χ0v) is 14.0.